The monoisotopic (exact) mass is 336 g/mol. The number of nitrogens with zero attached hydrogens (tertiary/aromatic N) is 1. The van der Waals surface area contributed by atoms with Crippen LogP contribution in [-0.4, -0.2) is 11.8 Å². The van der Waals surface area contributed by atoms with E-state index in [-0.39, 0.29) is 6.04 Å². The van der Waals surface area contributed by atoms with Crippen LogP contribution in [0.4, 0.5) is 0 Å². The summed E-state index contributed by atoms with van der Waals surface area (Å²) in [6, 6.07) is 8.75. The van der Waals surface area contributed by atoms with Crippen molar-refractivity contribution in [3.63, 3.8) is 0 Å². The summed E-state index contributed by atoms with van der Waals surface area (Å²) < 4.78 is 0. The smallest absolute Gasteiger partial charge is 0.0662 e. The van der Waals surface area contributed by atoms with E-state index in [0.717, 1.165) is 36.2 Å². The molecular weight excluding hydrogens is 304 g/mol. The van der Waals surface area contributed by atoms with Gasteiger partial charge in [-0.25, -0.2) is 0 Å². The molecule has 0 spiro atoms. The number of rotatable bonds is 9. The first-order valence-electron chi connectivity index (χ1n) is 8.99. The molecule has 25 heavy (non-hydrogen) atoms. The highest BCUT2D eigenvalue weighted by molar-refractivity contribution is 6.01. The van der Waals surface area contributed by atoms with Crippen LogP contribution in [0.15, 0.2) is 71.8 Å². The molecule has 1 atom stereocenters. The molecule has 0 bridgehead atoms. The number of nitrogens with two attached hydrogens (primary N) is 1. The zero-order valence-electron chi connectivity index (χ0n) is 16.1. The third kappa shape index (κ3) is 7.49. The summed E-state index contributed by atoms with van der Waals surface area (Å²) in [4.78, 5) is 4.79. The Hall–Kier alpha value is -2.19. The van der Waals surface area contributed by atoms with Crippen molar-refractivity contribution in [3.05, 3.63) is 77.9 Å². The molecule has 0 fully saturated rings. The largest absolute Gasteiger partial charge is 0.327 e. The topological polar surface area (TPSA) is 38.4 Å². The fraction of sp³-hybridized carbons (Fsp3) is 0.348. The maximum atomic E-state index is 6.16. The lowest BCUT2D eigenvalue weighted by Gasteiger charge is -2.11. The Kier molecular flexibility index (Phi) is 9.49. The molecular formula is C23H32N2. The van der Waals surface area contributed by atoms with Crippen LogP contribution in [0, 0.1) is 0 Å². The van der Waals surface area contributed by atoms with Crippen molar-refractivity contribution >= 4 is 11.4 Å². The Labute approximate surface area is 153 Å². The summed E-state index contributed by atoms with van der Waals surface area (Å²) in [5, 5.41) is 0. The lowest BCUT2D eigenvalue weighted by Crippen LogP contribution is -2.22. The first-order chi connectivity index (χ1) is 12.0. The van der Waals surface area contributed by atoms with E-state index in [2.05, 4.69) is 49.9 Å². The molecule has 0 heterocycles. The number of hydrogen-bond acceptors (Lipinski definition) is 2. The van der Waals surface area contributed by atoms with Gasteiger partial charge in [-0.1, -0.05) is 54.6 Å². The van der Waals surface area contributed by atoms with E-state index in [9.17, 15) is 0 Å². The van der Waals surface area contributed by atoms with E-state index in [1.165, 1.54) is 11.1 Å². The van der Waals surface area contributed by atoms with E-state index >= 15 is 0 Å². The Balaban J connectivity index is 2.86. The molecule has 0 aliphatic heterocycles. The molecule has 1 rings (SSSR count). The highest BCUT2D eigenvalue weighted by atomic mass is 14.8. The average Bonchev–Trinajstić information content (AvgIpc) is 2.62. The molecule has 0 aliphatic rings. The summed E-state index contributed by atoms with van der Waals surface area (Å²) in [6.07, 6.45) is 13.0. The minimum absolute atomic E-state index is 0.185. The Morgan fingerprint density at radius 2 is 1.88 bits per heavy atom. The molecule has 1 aromatic rings. The number of benzene rings is 1. The summed E-state index contributed by atoms with van der Waals surface area (Å²) >= 11 is 0. The summed E-state index contributed by atoms with van der Waals surface area (Å²) in [5.74, 6) is 0. The van der Waals surface area contributed by atoms with Crippen LogP contribution in [-0.2, 0) is 6.42 Å². The highest BCUT2D eigenvalue weighted by Gasteiger charge is 2.05. The zero-order chi connectivity index (χ0) is 18.7. The molecule has 2 heteroatoms. The third-order valence-corrected chi connectivity index (χ3v) is 4.16. The van der Waals surface area contributed by atoms with Gasteiger partial charge in [0.05, 0.1) is 5.70 Å². The Bertz CT molecular complexity index is 658. The zero-order valence-corrected chi connectivity index (χ0v) is 16.1. The second-order valence-corrected chi connectivity index (χ2v) is 6.27. The SMILES string of the molecule is C=CCC[C@@H](N)Cc1ccc(C(=C/C)/N=C(C)/C(C)=C\C=C/C)cc1. The van der Waals surface area contributed by atoms with Crippen molar-refractivity contribution in [1.29, 1.82) is 0 Å². The Morgan fingerprint density at radius 3 is 2.44 bits per heavy atom. The van der Waals surface area contributed by atoms with Gasteiger partial charge in [-0.3, -0.25) is 4.99 Å². The first-order valence-corrected chi connectivity index (χ1v) is 8.99. The molecule has 1 aromatic carbocycles. The predicted molar refractivity (Wildman–Crippen MR) is 113 cm³/mol. The first kappa shape index (κ1) is 20.9. The van der Waals surface area contributed by atoms with Gasteiger partial charge in [0.15, 0.2) is 0 Å². The van der Waals surface area contributed by atoms with Gasteiger partial charge >= 0.3 is 0 Å². The minimum Gasteiger partial charge on any atom is -0.327 e. The second kappa shape index (κ2) is 11.4. The molecule has 2 N–H and O–H groups in total. The quantitative estimate of drug-likeness (QED) is 0.342. The van der Waals surface area contributed by atoms with Crippen LogP contribution < -0.4 is 5.73 Å². The van der Waals surface area contributed by atoms with E-state index in [0.29, 0.717) is 0 Å². The van der Waals surface area contributed by atoms with Gasteiger partial charge in [0.1, 0.15) is 0 Å². The van der Waals surface area contributed by atoms with Crippen molar-refractivity contribution in [2.45, 2.75) is 53.0 Å². The molecule has 0 unspecified atom stereocenters. The maximum absolute atomic E-state index is 6.16. The normalized spacial score (nSPS) is 14.8. The second-order valence-electron chi connectivity index (χ2n) is 6.27. The van der Waals surface area contributed by atoms with Crippen LogP contribution in [0.3, 0.4) is 0 Å². The third-order valence-electron chi connectivity index (χ3n) is 4.16. The van der Waals surface area contributed by atoms with Crippen LogP contribution >= 0.6 is 0 Å². The maximum Gasteiger partial charge on any atom is 0.0662 e. The van der Waals surface area contributed by atoms with Crippen molar-refractivity contribution in [2.75, 3.05) is 0 Å². The fourth-order valence-corrected chi connectivity index (χ4v) is 2.47. The standard InChI is InChI=1S/C23H32N2/c1-6-9-11-18(4)19(5)25-23(8-3)21-15-13-20(14-16-21)17-22(24)12-10-7-2/h6-9,11,13-16,22H,2,10,12,17,24H2,1,3-5H3/b9-6-,18-11-,23-8-,25-19+/t22-/m1/s1. The van der Waals surface area contributed by atoms with Crippen molar-refractivity contribution in [3.8, 4) is 0 Å². The lowest BCUT2D eigenvalue weighted by atomic mass is 10.0. The van der Waals surface area contributed by atoms with E-state index in [1.807, 2.05) is 39.0 Å². The summed E-state index contributed by atoms with van der Waals surface area (Å²) in [5.41, 5.74) is 11.7. The van der Waals surface area contributed by atoms with E-state index < -0.39 is 0 Å². The van der Waals surface area contributed by atoms with Gasteiger partial charge in [-0.05, 0) is 63.7 Å². The van der Waals surface area contributed by atoms with Crippen molar-refractivity contribution in [1.82, 2.24) is 0 Å². The molecule has 0 aromatic heterocycles. The van der Waals surface area contributed by atoms with Crippen molar-refractivity contribution in [2.24, 2.45) is 10.7 Å². The molecule has 0 saturated carbocycles. The van der Waals surface area contributed by atoms with Crippen molar-refractivity contribution < 1.29 is 0 Å². The minimum atomic E-state index is 0.185. The van der Waals surface area contributed by atoms with Gasteiger partial charge in [-0.2, -0.15) is 0 Å². The van der Waals surface area contributed by atoms with Gasteiger partial charge < -0.3 is 5.73 Å². The van der Waals surface area contributed by atoms with Gasteiger partial charge in [-0.15, -0.1) is 6.58 Å². The van der Waals surface area contributed by atoms with E-state index in [4.69, 9.17) is 10.7 Å². The molecule has 0 radical (unpaired) electrons. The number of aliphatic imine (C=N–C) groups is 1. The van der Waals surface area contributed by atoms with Crippen LogP contribution in [0.25, 0.3) is 5.70 Å². The molecule has 134 valence electrons. The lowest BCUT2D eigenvalue weighted by molar-refractivity contribution is 0.618. The van der Waals surface area contributed by atoms with Gasteiger partial charge in [0, 0.05) is 11.8 Å². The number of hydrogen-bond donors (Lipinski definition) is 1. The fourth-order valence-electron chi connectivity index (χ4n) is 2.47. The summed E-state index contributed by atoms with van der Waals surface area (Å²) in [7, 11) is 0. The molecule has 0 saturated heterocycles. The van der Waals surface area contributed by atoms with Gasteiger partial charge in [0.2, 0.25) is 0 Å². The predicted octanol–water partition coefficient (Wildman–Crippen LogP) is 5.87. The van der Waals surface area contributed by atoms with Crippen LogP contribution in [0.1, 0.15) is 51.7 Å². The number of allylic oxidation sites excluding steroid dienone is 6. The molecule has 0 aliphatic carbocycles. The summed E-state index contributed by atoms with van der Waals surface area (Å²) in [6.45, 7) is 11.9. The molecule has 2 nitrogen and oxygen atoms in total. The van der Waals surface area contributed by atoms with Gasteiger partial charge in [0.25, 0.3) is 0 Å². The Morgan fingerprint density at radius 1 is 1.20 bits per heavy atom. The molecule has 0 amide bonds. The van der Waals surface area contributed by atoms with Crippen LogP contribution in [0.2, 0.25) is 0 Å². The van der Waals surface area contributed by atoms with E-state index in [1.54, 1.807) is 0 Å². The average molecular weight is 337 g/mol. The van der Waals surface area contributed by atoms with Crippen LogP contribution in [0.5, 0.6) is 0 Å². The highest BCUT2D eigenvalue weighted by Crippen LogP contribution is 2.19.